The minimum Gasteiger partial charge on any atom is -0.508 e. The van der Waals surface area contributed by atoms with E-state index in [1.54, 1.807) is 51.1 Å². The van der Waals surface area contributed by atoms with E-state index in [0.29, 0.717) is 24.0 Å². The van der Waals surface area contributed by atoms with Gasteiger partial charge in [-0.15, -0.1) is 0 Å². The van der Waals surface area contributed by atoms with Crippen molar-refractivity contribution in [1.82, 2.24) is 15.5 Å². The molecule has 3 amide bonds. The molecular weight excluding hydrogens is 510 g/mol. The van der Waals surface area contributed by atoms with E-state index < -0.39 is 29.7 Å². The molecule has 4 N–H and O–H groups in total. The van der Waals surface area contributed by atoms with E-state index in [0.717, 1.165) is 19.3 Å². The van der Waals surface area contributed by atoms with Crippen LogP contribution in [-0.4, -0.2) is 56.7 Å². The van der Waals surface area contributed by atoms with Crippen molar-refractivity contribution in [2.24, 2.45) is 0 Å². The highest BCUT2D eigenvalue weighted by Crippen LogP contribution is 2.37. The zero-order chi connectivity index (χ0) is 29.4. The van der Waals surface area contributed by atoms with Gasteiger partial charge in [0.25, 0.3) is 0 Å². The van der Waals surface area contributed by atoms with Crippen LogP contribution in [0.3, 0.4) is 0 Å². The Hall–Kier alpha value is -3.75. The minimum absolute atomic E-state index is 0.0836. The van der Waals surface area contributed by atoms with Gasteiger partial charge in [0, 0.05) is 24.1 Å². The van der Waals surface area contributed by atoms with Gasteiger partial charge in [-0.3, -0.25) is 9.59 Å². The van der Waals surface area contributed by atoms with Gasteiger partial charge in [-0.25, -0.2) is 4.79 Å². The third-order valence-corrected chi connectivity index (χ3v) is 6.96. The van der Waals surface area contributed by atoms with Crippen LogP contribution in [0.2, 0.25) is 0 Å². The molecule has 0 bridgehead atoms. The molecule has 3 rings (SSSR count). The van der Waals surface area contributed by atoms with Gasteiger partial charge in [-0.05, 0) is 77.1 Å². The second kappa shape index (κ2) is 13.5. The Balaban J connectivity index is 2.04. The maximum absolute atomic E-state index is 14.4. The number of phenolic OH excluding ortho intramolecular Hbond substituents is 2. The maximum atomic E-state index is 14.4. The van der Waals surface area contributed by atoms with Gasteiger partial charge in [-0.1, -0.05) is 43.7 Å². The fourth-order valence-corrected chi connectivity index (χ4v) is 4.84. The molecule has 0 heterocycles. The van der Waals surface area contributed by atoms with Crippen molar-refractivity contribution in [1.29, 1.82) is 0 Å². The molecule has 9 heteroatoms. The number of benzene rings is 2. The van der Waals surface area contributed by atoms with Crippen molar-refractivity contribution in [2.75, 3.05) is 0 Å². The molecule has 3 atom stereocenters. The van der Waals surface area contributed by atoms with E-state index in [9.17, 15) is 24.6 Å². The number of nitrogens with one attached hydrogen (secondary N) is 2. The molecule has 0 aliphatic heterocycles. The van der Waals surface area contributed by atoms with Gasteiger partial charge in [0.2, 0.25) is 11.8 Å². The summed E-state index contributed by atoms with van der Waals surface area (Å²) in [7, 11) is 0. The van der Waals surface area contributed by atoms with E-state index in [-0.39, 0.29) is 35.9 Å². The Bertz CT molecular complexity index is 1160. The first-order valence-electron chi connectivity index (χ1n) is 14.1. The van der Waals surface area contributed by atoms with Crippen LogP contribution in [0.25, 0.3) is 0 Å². The SMILES string of the molecule is CCCC(C)NC(=O)C(c1ccccc1O)N(C(=O)C(Cc1ccc(O)cc1)NC(=O)OC(C)(C)C)C1CCC1. The summed E-state index contributed by atoms with van der Waals surface area (Å²) >= 11 is 0. The zero-order valence-electron chi connectivity index (χ0n) is 24.1. The van der Waals surface area contributed by atoms with Crippen LogP contribution >= 0.6 is 0 Å². The third kappa shape index (κ3) is 8.37. The topological polar surface area (TPSA) is 128 Å². The number of aromatic hydroxyl groups is 2. The Morgan fingerprint density at radius 3 is 2.23 bits per heavy atom. The van der Waals surface area contributed by atoms with Crippen LogP contribution in [0, 0.1) is 0 Å². The van der Waals surface area contributed by atoms with Crippen LogP contribution in [0.15, 0.2) is 48.5 Å². The number of hydrogen-bond donors (Lipinski definition) is 4. The molecule has 1 aliphatic carbocycles. The number of ether oxygens (including phenoxy) is 1. The van der Waals surface area contributed by atoms with Crippen LogP contribution < -0.4 is 10.6 Å². The lowest BCUT2D eigenvalue weighted by Crippen LogP contribution is -2.58. The highest BCUT2D eigenvalue weighted by Gasteiger charge is 2.43. The third-order valence-electron chi connectivity index (χ3n) is 6.96. The fourth-order valence-electron chi connectivity index (χ4n) is 4.84. The normalized spacial score (nSPS) is 15.7. The summed E-state index contributed by atoms with van der Waals surface area (Å²) in [6.07, 6.45) is 3.31. The zero-order valence-corrected chi connectivity index (χ0v) is 24.1. The number of hydrogen-bond acceptors (Lipinski definition) is 6. The number of amides is 3. The average molecular weight is 554 g/mol. The molecule has 0 spiro atoms. The number of nitrogens with zero attached hydrogens (tertiary/aromatic N) is 1. The molecule has 1 fully saturated rings. The summed E-state index contributed by atoms with van der Waals surface area (Å²) < 4.78 is 5.47. The number of para-hydroxylation sites is 1. The van der Waals surface area contributed by atoms with Crippen molar-refractivity contribution in [3.63, 3.8) is 0 Å². The van der Waals surface area contributed by atoms with Crippen LogP contribution in [0.1, 0.15) is 83.9 Å². The van der Waals surface area contributed by atoms with Gasteiger partial charge in [0.05, 0.1) is 0 Å². The highest BCUT2D eigenvalue weighted by atomic mass is 16.6. The average Bonchev–Trinajstić information content (AvgIpc) is 2.83. The lowest BCUT2D eigenvalue weighted by molar-refractivity contribution is -0.147. The fraction of sp³-hybridized carbons (Fsp3) is 0.516. The van der Waals surface area contributed by atoms with Gasteiger partial charge >= 0.3 is 6.09 Å². The molecule has 218 valence electrons. The standard InChI is InChI=1S/C31H43N3O6/c1-6-10-20(2)32-28(37)27(24-13-7-8-14-26(24)36)34(22-11-9-12-22)29(38)25(33-30(39)40-31(3,4)5)19-21-15-17-23(35)18-16-21/h7-8,13-18,20,22,25,27,35-36H,6,9-12,19H2,1-5H3,(H,32,37)(H,33,39). The number of phenols is 2. The second-order valence-corrected chi connectivity index (χ2v) is 11.6. The molecule has 1 saturated carbocycles. The van der Waals surface area contributed by atoms with Crippen molar-refractivity contribution in [3.8, 4) is 11.5 Å². The van der Waals surface area contributed by atoms with E-state index >= 15 is 0 Å². The predicted octanol–water partition coefficient (Wildman–Crippen LogP) is 4.96. The van der Waals surface area contributed by atoms with Crippen LogP contribution in [-0.2, 0) is 20.7 Å². The molecule has 3 unspecified atom stereocenters. The van der Waals surface area contributed by atoms with Crippen LogP contribution in [0.4, 0.5) is 4.79 Å². The maximum Gasteiger partial charge on any atom is 0.408 e. The lowest BCUT2D eigenvalue weighted by atomic mass is 9.87. The first-order valence-corrected chi connectivity index (χ1v) is 14.1. The Kier molecular flexibility index (Phi) is 10.4. The van der Waals surface area contributed by atoms with E-state index in [2.05, 4.69) is 10.6 Å². The first-order chi connectivity index (χ1) is 18.9. The van der Waals surface area contributed by atoms with E-state index in [1.165, 1.54) is 23.1 Å². The quantitative estimate of drug-likeness (QED) is 0.311. The van der Waals surface area contributed by atoms with Gasteiger partial charge in [-0.2, -0.15) is 0 Å². The number of alkyl carbamates (subject to hydrolysis) is 1. The summed E-state index contributed by atoms with van der Waals surface area (Å²) in [6.45, 7) is 9.15. The van der Waals surface area contributed by atoms with E-state index in [4.69, 9.17) is 4.74 Å². The highest BCUT2D eigenvalue weighted by molar-refractivity contribution is 5.93. The molecule has 40 heavy (non-hydrogen) atoms. The van der Waals surface area contributed by atoms with E-state index in [1.807, 2.05) is 13.8 Å². The molecular formula is C31H43N3O6. The van der Waals surface area contributed by atoms with Crippen molar-refractivity contribution in [3.05, 3.63) is 59.7 Å². The number of carbonyl (C=O) groups is 3. The summed E-state index contributed by atoms with van der Waals surface area (Å²) in [4.78, 5) is 42.7. The minimum atomic E-state index is -1.10. The number of rotatable bonds is 11. The monoisotopic (exact) mass is 553 g/mol. The van der Waals surface area contributed by atoms with Gasteiger partial charge < -0.3 is 30.5 Å². The van der Waals surface area contributed by atoms with Crippen LogP contribution in [0.5, 0.6) is 11.5 Å². The summed E-state index contributed by atoms with van der Waals surface area (Å²) in [5, 5.41) is 26.3. The van der Waals surface area contributed by atoms with Gasteiger partial charge in [0.15, 0.2) is 0 Å². The summed E-state index contributed by atoms with van der Waals surface area (Å²) in [5.41, 5.74) is 0.253. The summed E-state index contributed by atoms with van der Waals surface area (Å²) in [5.74, 6) is -0.836. The number of carbonyl (C=O) groups excluding carboxylic acids is 3. The summed E-state index contributed by atoms with van der Waals surface area (Å²) in [6, 6.07) is 10.4. The Morgan fingerprint density at radius 1 is 1.02 bits per heavy atom. The van der Waals surface area contributed by atoms with Crippen molar-refractivity contribution >= 4 is 17.9 Å². The molecule has 1 aliphatic rings. The largest absolute Gasteiger partial charge is 0.508 e. The Morgan fingerprint density at radius 2 is 1.68 bits per heavy atom. The molecule has 0 radical (unpaired) electrons. The second-order valence-electron chi connectivity index (χ2n) is 11.6. The van der Waals surface area contributed by atoms with Crippen molar-refractivity contribution < 1.29 is 29.3 Å². The lowest BCUT2D eigenvalue weighted by Gasteiger charge is -2.44. The molecule has 0 aromatic heterocycles. The Labute approximate surface area is 236 Å². The molecule has 2 aromatic rings. The molecule has 2 aromatic carbocycles. The smallest absolute Gasteiger partial charge is 0.408 e. The first kappa shape index (κ1) is 30.8. The molecule has 9 nitrogen and oxygen atoms in total. The predicted molar refractivity (Wildman–Crippen MR) is 153 cm³/mol. The van der Waals surface area contributed by atoms with Crippen molar-refractivity contribution in [2.45, 2.75) is 103 Å². The molecule has 0 saturated heterocycles. The van der Waals surface area contributed by atoms with Gasteiger partial charge in [0.1, 0.15) is 29.2 Å².